The molecule has 1 aliphatic rings. The standard InChI is InChI=1S/C14H18N2O2/c1-14(2)12(13(17)18-3)15-10-16(14)9-11-7-5-4-6-8-11/h4-8,10,12H,9H2,1-3H3. The molecule has 1 atom stereocenters. The van der Waals surface area contributed by atoms with Gasteiger partial charge in [-0.05, 0) is 19.4 Å². The largest absolute Gasteiger partial charge is 0.467 e. The number of hydrogen-bond acceptors (Lipinski definition) is 4. The van der Waals surface area contributed by atoms with E-state index in [9.17, 15) is 4.79 Å². The van der Waals surface area contributed by atoms with Gasteiger partial charge in [-0.25, -0.2) is 4.79 Å². The maximum absolute atomic E-state index is 11.7. The molecule has 18 heavy (non-hydrogen) atoms. The molecule has 0 aliphatic carbocycles. The van der Waals surface area contributed by atoms with Crippen molar-refractivity contribution in [2.45, 2.75) is 32.0 Å². The van der Waals surface area contributed by atoms with E-state index in [1.165, 1.54) is 12.7 Å². The molecule has 2 rings (SSSR count). The van der Waals surface area contributed by atoms with E-state index in [1.807, 2.05) is 32.0 Å². The predicted molar refractivity (Wildman–Crippen MR) is 70.4 cm³/mol. The molecular formula is C14H18N2O2. The Kier molecular flexibility index (Phi) is 3.36. The average Bonchev–Trinajstić information content (AvgIpc) is 2.65. The van der Waals surface area contributed by atoms with E-state index in [4.69, 9.17) is 4.74 Å². The van der Waals surface area contributed by atoms with Gasteiger partial charge in [0.05, 0.1) is 19.0 Å². The number of carbonyl (C=O) groups is 1. The number of methoxy groups -OCH3 is 1. The zero-order valence-corrected chi connectivity index (χ0v) is 11.0. The molecule has 0 bridgehead atoms. The second kappa shape index (κ2) is 4.80. The van der Waals surface area contributed by atoms with Crippen LogP contribution < -0.4 is 0 Å². The normalized spacial score (nSPS) is 21.1. The van der Waals surface area contributed by atoms with Crippen LogP contribution in [0.4, 0.5) is 0 Å². The molecule has 4 nitrogen and oxygen atoms in total. The lowest BCUT2D eigenvalue weighted by Gasteiger charge is -2.34. The van der Waals surface area contributed by atoms with E-state index in [0.29, 0.717) is 0 Å². The molecule has 0 spiro atoms. The summed E-state index contributed by atoms with van der Waals surface area (Å²) in [5, 5.41) is 0. The number of hydrogen-bond donors (Lipinski definition) is 0. The van der Waals surface area contributed by atoms with E-state index in [-0.39, 0.29) is 11.5 Å². The molecule has 0 aromatic heterocycles. The summed E-state index contributed by atoms with van der Waals surface area (Å²) in [6.45, 7) is 4.75. The van der Waals surface area contributed by atoms with Crippen molar-refractivity contribution >= 4 is 12.3 Å². The van der Waals surface area contributed by atoms with Gasteiger partial charge < -0.3 is 9.64 Å². The highest BCUT2D eigenvalue weighted by Gasteiger charge is 2.43. The molecule has 1 unspecified atom stereocenters. The molecule has 96 valence electrons. The van der Waals surface area contributed by atoms with E-state index in [1.54, 1.807) is 6.34 Å². The van der Waals surface area contributed by atoms with Gasteiger partial charge in [0.1, 0.15) is 0 Å². The number of esters is 1. The Balaban J connectivity index is 2.13. The summed E-state index contributed by atoms with van der Waals surface area (Å²) in [6.07, 6.45) is 1.74. The summed E-state index contributed by atoms with van der Waals surface area (Å²) in [4.78, 5) is 18.0. The molecule has 0 radical (unpaired) electrons. The van der Waals surface area contributed by atoms with Crippen molar-refractivity contribution in [1.29, 1.82) is 0 Å². The van der Waals surface area contributed by atoms with Gasteiger partial charge in [0, 0.05) is 6.54 Å². The van der Waals surface area contributed by atoms with Crippen LogP contribution in [0, 0.1) is 0 Å². The minimum Gasteiger partial charge on any atom is -0.467 e. The summed E-state index contributed by atoms with van der Waals surface area (Å²) in [7, 11) is 1.40. The lowest BCUT2D eigenvalue weighted by atomic mass is 9.94. The lowest BCUT2D eigenvalue weighted by Crippen LogP contribution is -2.49. The number of ether oxygens (including phenoxy) is 1. The summed E-state index contributed by atoms with van der Waals surface area (Å²) in [5.41, 5.74) is 0.839. The highest BCUT2D eigenvalue weighted by molar-refractivity contribution is 5.82. The fourth-order valence-corrected chi connectivity index (χ4v) is 2.12. The Bertz CT molecular complexity index is 454. The maximum atomic E-state index is 11.7. The van der Waals surface area contributed by atoms with Gasteiger partial charge >= 0.3 is 5.97 Å². The molecule has 1 aromatic rings. The van der Waals surface area contributed by atoms with Crippen LogP contribution in [0.5, 0.6) is 0 Å². The average molecular weight is 246 g/mol. The third-order valence-corrected chi connectivity index (χ3v) is 3.38. The van der Waals surface area contributed by atoms with E-state index in [2.05, 4.69) is 22.0 Å². The Morgan fingerprint density at radius 2 is 2.06 bits per heavy atom. The molecule has 0 fully saturated rings. The van der Waals surface area contributed by atoms with Gasteiger partial charge in [0.25, 0.3) is 0 Å². The number of aliphatic imine (C=N–C) groups is 1. The second-order valence-corrected chi connectivity index (χ2v) is 4.96. The quantitative estimate of drug-likeness (QED) is 0.764. The van der Waals surface area contributed by atoms with Crippen molar-refractivity contribution in [3.05, 3.63) is 35.9 Å². The summed E-state index contributed by atoms with van der Waals surface area (Å²) < 4.78 is 4.79. The van der Waals surface area contributed by atoms with Gasteiger partial charge in [0.2, 0.25) is 0 Å². The third-order valence-electron chi connectivity index (χ3n) is 3.38. The van der Waals surface area contributed by atoms with Crippen LogP contribution in [0.1, 0.15) is 19.4 Å². The number of nitrogens with zero attached hydrogens (tertiary/aromatic N) is 2. The molecular weight excluding hydrogens is 228 g/mol. The molecule has 0 saturated heterocycles. The molecule has 4 heteroatoms. The third kappa shape index (κ3) is 2.23. The first-order chi connectivity index (χ1) is 8.55. The van der Waals surface area contributed by atoms with Crippen molar-refractivity contribution in [1.82, 2.24) is 4.90 Å². The van der Waals surface area contributed by atoms with Crippen LogP contribution >= 0.6 is 0 Å². The summed E-state index contributed by atoms with van der Waals surface area (Å²) >= 11 is 0. The van der Waals surface area contributed by atoms with Crippen LogP contribution in [-0.2, 0) is 16.1 Å². The number of carbonyl (C=O) groups excluding carboxylic acids is 1. The van der Waals surface area contributed by atoms with Crippen molar-refractivity contribution in [3.8, 4) is 0 Å². The van der Waals surface area contributed by atoms with Crippen LogP contribution in [0.2, 0.25) is 0 Å². The van der Waals surface area contributed by atoms with Crippen molar-refractivity contribution in [3.63, 3.8) is 0 Å². The second-order valence-electron chi connectivity index (χ2n) is 4.96. The van der Waals surface area contributed by atoms with Crippen LogP contribution in [0.3, 0.4) is 0 Å². The van der Waals surface area contributed by atoms with Crippen molar-refractivity contribution in [2.75, 3.05) is 7.11 Å². The topological polar surface area (TPSA) is 41.9 Å². The van der Waals surface area contributed by atoms with E-state index >= 15 is 0 Å². The highest BCUT2D eigenvalue weighted by atomic mass is 16.5. The van der Waals surface area contributed by atoms with E-state index < -0.39 is 6.04 Å². The molecule has 1 aromatic carbocycles. The smallest absolute Gasteiger partial charge is 0.333 e. The highest BCUT2D eigenvalue weighted by Crippen LogP contribution is 2.28. The van der Waals surface area contributed by atoms with Crippen LogP contribution in [-0.4, -0.2) is 35.9 Å². The van der Waals surface area contributed by atoms with Crippen LogP contribution in [0.25, 0.3) is 0 Å². The maximum Gasteiger partial charge on any atom is 0.333 e. The Morgan fingerprint density at radius 3 is 2.67 bits per heavy atom. The zero-order chi connectivity index (χ0) is 13.2. The van der Waals surface area contributed by atoms with E-state index in [0.717, 1.165) is 6.54 Å². The minimum absolute atomic E-state index is 0.285. The lowest BCUT2D eigenvalue weighted by molar-refractivity contribution is -0.144. The number of rotatable bonds is 3. The summed E-state index contributed by atoms with van der Waals surface area (Å²) in [6, 6.07) is 9.68. The first kappa shape index (κ1) is 12.6. The van der Waals surface area contributed by atoms with Crippen molar-refractivity contribution < 1.29 is 9.53 Å². The predicted octanol–water partition coefficient (Wildman–Crippen LogP) is 1.85. The zero-order valence-electron chi connectivity index (χ0n) is 11.0. The van der Waals surface area contributed by atoms with Gasteiger partial charge in [-0.2, -0.15) is 0 Å². The molecule has 0 saturated carbocycles. The van der Waals surface area contributed by atoms with Gasteiger partial charge in [0.15, 0.2) is 6.04 Å². The fourth-order valence-electron chi connectivity index (χ4n) is 2.12. The fraction of sp³-hybridized carbons (Fsp3) is 0.429. The Hall–Kier alpha value is -1.84. The minimum atomic E-state index is -0.453. The van der Waals surface area contributed by atoms with Gasteiger partial charge in [-0.3, -0.25) is 4.99 Å². The monoisotopic (exact) mass is 246 g/mol. The van der Waals surface area contributed by atoms with Gasteiger partial charge in [-0.1, -0.05) is 30.3 Å². The number of benzene rings is 1. The molecule has 1 aliphatic heterocycles. The first-order valence-electron chi connectivity index (χ1n) is 5.97. The Morgan fingerprint density at radius 1 is 1.39 bits per heavy atom. The molecule has 0 amide bonds. The summed E-state index contributed by atoms with van der Waals surface area (Å²) in [5.74, 6) is -0.285. The molecule has 0 N–H and O–H groups in total. The Labute approximate surface area is 107 Å². The van der Waals surface area contributed by atoms with Crippen molar-refractivity contribution in [2.24, 2.45) is 4.99 Å². The molecule has 1 heterocycles. The SMILES string of the molecule is COC(=O)C1N=CN(Cc2ccccc2)C1(C)C. The first-order valence-corrected chi connectivity index (χ1v) is 5.97. The van der Waals surface area contributed by atoms with Gasteiger partial charge in [-0.15, -0.1) is 0 Å². The van der Waals surface area contributed by atoms with Crippen LogP contribution in [0.15, 0.2) is 35.3 Å².